The minimum atomic E-state index is 0.0872. The number of carbonyl (C=O) groups excluding carboxylic acids is 1. The van der Waals surface area contributed by atoms with E-state index in [-0.39, 0.29) is 5.91 Å². The fourth-order valence-corrected chi connectivity index (χ4v) is 2.13. The van der Waals surface area contributed by atoms with Gasteiger partial charge in [-0.25, -0.2) is 0 Å². The van der Waals surface area contributed by atoms with Crippen molar-refractivity contribution in [3.05, 3.63) is 34.7 Å². The number of carbonyl (C=O) groups is 1. The summed E-state index contributed by atoms with van der Waals surface area (Å²) in [4.78, 5) is 13.2. The van der Waals surface area contributed by atoms with Gasteiger partial charge in [0, 0.05) is 24.9 Å². The molecule has 0 spiro atoms. The monoisotopic (exact) mass is 234 g/mol. The molecule has 1 aromatic rings. The summed E-state index contributed by atoms with van der Waals surface area (Å²) >= 11 is 4.03. The average Bonchev–Trinajstić information content (AvgIpc) is 2.70. The lowest BCUT2D eigenvalue weighted by Gasteiger charge is -2.14. The summed E-state index contributed by atoms with van der Waals surface area (Å²) in [6.07, 6.45) is 0.891. The smallest absolute Gasteiger partial charge is 0.223 e. The van der Waals surface area contributed by atoms with Crippen LogP contribution in [0.5, 0.6) is 0 Å². The molecule has 0 bridgehead atoms. The number of nitrogens with two attached hydrogens (primary N) is 1. The molecule has 0 atom stereocenters. The third-order valence-corrected chi connectivity index (χ3v) is 3.11. The van der Waals surface area contributed by atoms with E-state index in [0.717, 1.165) is 24.2 Å². The van der Waals surface area contributed by atoms with Crippen LogP contribution in [-0.4, -0.2) is 12.5 Å². The van der Waals surface area contributed by atoms with Gasteiger partial charge in [0.25, 0.3) is 0 Å². The van der Waals surface area contributed by atoms with Gasteiger partial charge in [0.15, 0.2) is 0 Å². The minimum Gasteiger partial charge on any atom is -0.398 e. The zero-order valence-corrected chi connectivity index (χ0v) is 10.00. The Hall–Kier alpha value is -1.42. The number of fused-ring (bicyclic) bond motifs is 1. The largest absolute Gasteiger partial charge is 0.398 e. The Labute approximate surface area is 100 Å². The first-order valence-electron chi connectivity index (χ1n) is 5.14. The highest BCUT2D eigenvalue weighted by molar-refractivity contribution is 7.83. The summed E-state index contributed by atoms with van der Waals surface area (Å²) in [5.74, 6) is 0.0872. The molecule has 2 N–H and O–H groups in total. The van der Waals surface area contributed by atoms with Gasteiger partial charge in [0.1, 0.15) is 0 Å². The number of benzene rings is 1. The lowest BCUT2D eigenvalue weighted by molar-refractivity contribution is -0.116. The maximum atomic E-state index is 11.4. The predicted molar refractivity (Wildman–Crippen MR) is 69.3 cm³/mol. The van der Waals surface area contributed by atoms with E-state index in [1.165, 1.54) is 5.56 Å². The quantitative estimate of drug-likeness (QED) is 0.728. The first-order valence-corrected chi connectivity index (χ1v) is 5.66. The van der Waals surface area contributed by atoms with Gasteiger partial charge in [0.2, 0.25) is 5.91 Å². The summed E-state index contributed by atoms with van der Waals surface area (Å²) in [7, 11) is 0. The molecular formula is C12H14N2OS. The van der Waals surface area contributed by atoms with E-state index < -0.39 is 0 Å². The summed E-state index contributed by atoms with van der Waals surface area (Å²) in [5.41, 5.74) is 9.57. The highest BCUT2D eigenvalue weighted by Gasteiger charge is 2.22. The van der Waals surface area contributed by atoms with E-state index >= 15 is 0 Å². The topological polar surface area (TPSA) is 46.3 Å². The van der Waals surface area contributed by atoms with Crippen molar-refractivity contribution in [2.24, 2.45) is 5.73 Å². The zero-order chi connectivity index (χ0) is 11.7. The molecule has 16 heavy (non-hydrogen) atoms. The molecule has 0 radical (unpaired) electrons. The number of anilines is 1. The Morgan fingerprint density at radius 3 is 2.94 bits per heavy atom. The van der Waals surface area contributed by atoms with Gasteiger partial charge in [-0.3, -0.25) is 4.79 Å². The number of rotatable bonds is 1. The molecule has 1 heterocycles. The third kappa shape index (κ3) is 1.80. The second-order valence-electron chi connectivity index (χ2n) is 3.85. The molecule has 0 saturated heterocycles. The van der Waals surface area contributed by atoms with E-state index in [0.29, 0.717) is 5.70 Å². The highest BCUT2D eigenvalue weighted by Crippen LogP contribution is 2.30. The second-order valence-corrected chi connectivity index (χ2v) is 4.11. The van der Waals surface area contributed by atoms with Crippen LogP contribution in [0.4, 0.5) is 5.69 Å². The van der Waals surface area contributed by atoms with Crippen molar-refractivity contribution in [3.8, 4) is 0 Å². The first kappa shape index (κ1) is 11.1. The Morgan fingerprint density at radius 1 is 1.56 bits per heavy atom. The van der Waals surface area contributed by atoms with Gasteiger partial charge >= 0.3 is 0 Å². The van der Waals surface area contributed by atoms with Crippen LogP contribution in [0.3, 0.4) is 0 Å². The number of hydrogen-bond acceptors (Lipinski definition) is 3. The molecule has 4 heteroatoms. The molecule has 2 rings (SSSR count). The van der Waals surface area contributed by atoms with Crippen LogP contribution in [0.2, 0.25) is 0 Å². The van der Waals surface area contributed by atoms with E-state index in [1.807, 2.05) is 18.2 Å². The maximum Gasteiger partial charge on any atom is 0.223 e. The molecular weight excluding hydrogens is 220 g/mol. The molecule has 1 aliphatic rings. The molecule has 84 valence electrons. The summed E-state index contributed by atoms with van der Waals surface area (Å²) < 4.78 is 0. The SMILES string of the molecule is CC(=O)N1CCc2cc(/C(N)=C/S)ccc21. The maximum absolute atomic E-state index is 11.4. The van der Waals surface area contributed by atoms with Crippen LogP contribution in [0.1, 0.15) is 18.1 Å². The van der Waals surface area contributed by atoms with Crippen LogP contribution in [-0.2, 0) is 11.2 Å². The lowest BCUT2D eigenvalue weighted by Crippen LogP contribution is -2.25. The number of amides is 1. The predicted octanol–water partition coefficient (Wildman–Crippen LogP) is 1.78. The Morgan fingerprint density at radius 2 is 2.31 bits per heavy atom. The second kappa shape index (κ2) is 4.22. The van der Waals surface area contributed by atoms with Crippen LogP contribution >= 0.6 is 12.6 Å². The van der Waals surface area contributed by atoms with E-state index in [9.17, 15) is 4.79 Å². The minimum absolute atomic E-state index is 0.0872. The highest BCUT2D eigenvalue weighted by atomic mass is 32.1. The van der Waals surface area contributed by atoms with Crippen molar-refractivity contribution in [2.45, 2.75) is 13.3 Å². The van der Waals surface area contributed by atoms with E-state index in [1.54, 1.807) is 17.2 Å². The van der Waals surface area contributed by atoms with Crippen LogP contribution in [0, 0.1) is 0 Å². The van der Waals surface area contributed by atoms with Gasteiger partial charge in [-0.05, 0) is 35.1 Å². The number of thiol groups is 1. The van der Waals surface area contributed by atoms with Gasteiger partial charge < -0.3 is 10.6 Å². The number of hydrogen-bond donors (Lipinski definition) is 2. The normalized spacial score (nSPS) is 15.1. The van der Waals surface area contributed by atoms with E-state index in [2.05, 4.69) is 12.6 Å². The van der Waals surface area contributed by atoms with Crippen molar-refractivity contribution in [2.75, 3.05) is 11.4 Å². The summed E-state index contributed by atoms with van der Waals surface area (Å²) in [6.45, 7) is 2.35. The van der Waals surface area contributed by atoms with Crippen molar-refractivity contribution >= 4 is 29.9 Å². The molecule has 1 amide bonds. The average molecular weight is 234 g/mol. The Kier molecular flexibility index (Phi) is 2.92. The summed E-state index contributed by atoms with van der Waals surface area (Å²) in [6, 6.07) is 5.89. The zero-order valence-electron chi connectivity index (χ0n) is 9.10. The molecule has 0 saturated carbocycles. The van der Waals surface area contributed by atoms with Crippen LogP contribution < -0.4 is 10.6 Å². The standard InChI is InChI=1S/C12H14N2OS/c1-8(15)14-5-4-10-6-9(11(13)7-16)2-3-12(10)14/h2-3,6-7,16H,4-5,13H2,1H3/b11-7-. The van der Waals surface area contributed by atoms with E-state index in [4.69, 9.17) is 5.73 Å². The molecule has 0 unspecified atom stereocenters. The van der Waals surface area contributed by atoms with Crippen molar-refractivity contribution in [1.29, 1.82) is 0 Å². The molecule has 0 fully saturated rings. The first-order chi connectivity index (χ1) is 7.63. The van der Waals surface area contributed by atoms with Gasteiger partial charge in [-0.1, -0.05) is 6.07 Å². The Bertz CT molecular complexity index is 468. The molecule has 1 aliphatic heterocycles. The molecule has 0 aliphatic carbocycles. The van der Waals surface area contributed by atoms with Crippen molar-refractivity contribution < 1.29 is 4.79 Å². The van der Waals surface area contributed by atoms with Crippen LogP contribution in [0.25, 0.3) is 5.70 Å². The van der Waals surface area contributed by atoms with Crippen molar-refractivity contribution in [3.63, 3.8) is 0 Å². The third-order valence-electron chi connectivity index (χ3n) is 2.83. The fraction of sp³-hybridized carbons (Fsp3) is 0.250. The number of nitrogens with zero attached hydrogens (tertiary/aromatic N) is 1. The molecule has 1 aromatic carbocycles. The van der Waals surface area contributed by atoms with Crippen molar-refractivity contribution in [1.82, 2.24) is 0 Å². The fourth-order valence-electron chi connectivity index (χ4n) is 1.98. The molecule has 0 aromatic heterocycles. The van der Waals surface area contributed by atoms with Crippen LogP contribution in [0.15, 0.2) is 23.6 Å². The molecule has 3 nitrogen and oxygen atoms in total. The van der Waals surface area contributed by atoms with Gasteiger partial charge in [-0.15, -0.1) is 12.6 Å². The van der Waals surface area contributed by atoms with Gasteiger partial charge in [-0.2, -0.15) is 0 Å². The summed E-state index contributed by atoms with van der Waals surface area (Å²) in [5, 5.41) is 1.58. The lowest BCUT2D eigenvalue weighted by atomic mass is 10.1. The Balaban J connectivity index is 2.40. The van der Waals surface area contributed by atoms with Gasteiger partial charge in [0.05, 0.1) is 0 Å².